The van der Waals surface area contributed by atoms with Gasteiger partial charge >= 0.3 is 0 Å². The number of benzene rings is 1. The standard InChI is InChI=1S/C17H21ClN4OS/c1-13-2-4-14(5-3-13)12-15-19-17(24-20-15)22-10-8-21(9-11-22)16(23)6-7-18/h2-5H,6-12H2,1H3. The number of aromatic nitrogens is 2. The van der Waals surface area contributed by atoms with Gasteiger partial charge in [-0.2, -0.15) is 4.37 Å². The molecule has 1 aliphatic heterocycles. The molecule has 1 saturated heterocycles. The van der Waals surface area contributed by atoms with Crippen LogP contribution in [0.2, 0.25) is 0 Å². The minimum atomic E-state index is 0.141. The fourth-order valence-corrected chi connectivity index (χ4v) is 3.62. The average Bonchev–Trinajstić information content (AvgIpc) is 3.06. The Kier molecular flexibility index (Phi) is 5.68. The fourth-order valence-electron chi connectivity index (χ4n) is 2.72. The van der Waals surface area contributed by atoms with Gasteiger partial charge in [0.15, 0.2) is 0 Å². The van der Waals surface area contributed by atoms with E-state index in [-0.39, 0.29) is 5.91 Å². The first kappa shape index (κ1) is 17.2. The van der Waals surface area contributed by atoms with E-state index in [0.717, 1.165) is 43.6 Å². The van der Waals surface area contributed by atoms with Crippen LogP contribution in [0.3, 0.4) is 0 Å². The first-order chi connectivity index (χ1) is 11.7. The van der Waals surface area contributed by atoms with E-state index in [4.69, 9.17) is 11.6 Å². The molecular formula is C17H21ClN4OS. The van der Waals surface area contributed by atoms with E-state index < -0.39 is 0 Å². The van der Waals surface area contributed by atoms with E-state index in [9.17, 15) is 4.79 Å². The maximum Gasteiger partial charge on any atom is 0.223 e. The van der Waals surface area contributed by atoms with Gasteiger partial charge in [-0.3, -0.25) is 4.79 Å². The molecule has 0 spiro atoms. The van der Waals surface area contributed by atoms with Crippen molar-refractivity contribution in [1.29, 1.82) is 0 Å². The van der Waals surface area contributed by atoms with Crippen LogP contribution in [0.15, 0.2) is 24.3 Å². The SMILES string of the molecule is Cc1ccc(Cc2nsc(N3CCN(C(=O)CCCl)CC3)n2)cc1. The quantitative estimate of drug-likeness (QED) is 0.765. The van der Waals surface area contributed by atoms with Crippen LogP contribution in [-0.4, -0.2) is 52.2 Å². The maximum absolute atomic E-state index is 11.9. The second-order valence-corrected chi connectivity index (χ2v) is 7.07. The number of halogens is 1. The highest BCUT2D eigenvalue weighted by atomic mass is 35.5. The van der Waals surface area contributed by atoms with Crippen LogP contribution in [0.25, 0.3) is 0 Å². The van der Waals surface area contributed by atoms with E-state index in [1.54, 1.807) is 0 Å². The molecule has 2 heterocycles. The van der Waals surface area contributed by atoms with E-state index >= 15 is 0 Å². The lowest BCUT2D eigenvalue weighted by atomic mass is 10.1. The van der Waals surface area contributed by atoms with Crippen LogP contribution in [0, 0.1) is 6.92 Å². The molecule has 2 aromatic rings. The molecule has 1 amide bonds. The molecule has 3 rings (SSSR count). The highest BCUT2D eigenvalue weighted by Crippen LogP contribution is 2.20. The molecule has 0 bridgehead atoms. The van der Waals surface area contributed by atoms with Crippen LogP contribution in [-0.2, 0) is 11.2 Å². The third kappa shape index (κ3) is 4.24. The van der Waals surface area contributed by atoms with Gasteiger partial charge in [0.2, 0.25) is 11.0 Å². The summed E-state index contributed by atoms with van der Waals surface area (Å²) in [5.74, 6) is 1.39. The Morgan fingerprint density at radius 1 is 1.21 bits per heavy atom. The Labute approximate surface area is 151 Å². The number of anilines is 1. The molecule has 5 nitrogen and oxygen atoms in total. The van der Waals surface area contributed by atoms with Crippen molar-refractivity contribution >= 4 is 34.2 Å². The van der Waals surface area contributed by atoms with Crippen molar-refractivity contribution in [3.63, 3.8) is 0 Å². The summed E-state index contributed by atoms with van der Waals surface area (Å²) in [6.07, 6.45) is 1.17. The van der Waals surface area contributed by atoms with Crippen molar-refractivity contribution in [2.75, 3.05) is 37.0 Å². The molecule has 0 unspecified atom stereocenters. The molecule has 0 atom stereocenters. The summed E-state index contributed by atoms with van der Waals surface area (Å²) in [4.78, 5) is 20.6. The lowest BCUT2D eigenvalue weighted by molar-refractivity contribution is -0.131. The van der Waals surface area contributed by atoms with E-state index in [1.165, 1.54) is 22.7 Å². The molecule has 0 N–H and O–H groups in total. The lowest BCUT2D eigenvalue weighted by Gasteiger charge is -2.34. The zero-order valence-corrected chi connectivity index (χ0v) is 15.3. The molecule has 7 heteroatoms. The third-order valence-electron chi connectivity index (χ3n) is 4.15. The number of carbonyl (C=O) groups excluding carboxylic acids is 1. The van der Waals surface area contributed by atoms with Gasteiger partial charge in [-0.25, -0.2) is 4.98 Å². The van der Waals surface area contributed by atoms with Crippen LogP contribution in [0.4, 0.5) is 5.13 Å². The van der Waals surface area contributed by atoms with Crippen LogP contribution in [0.1, 0.15) is 23.4 Å². The molecular weight excluding hydrogens is 344 g/mol. The maximum atomic E-state index is 11.9. The fraction of sp³-hybridized carbons (Fsp3) is 0.471. The number of aryl methyl sites for hydroxylation is 1. The molecule has 1 aromatic heterocycles. The molecule has 1 fully saturated rings. The van der Waals surface area contributed by atoms with Crippen molar-refractivity contribution in [3.8, 4) is 0 Å². The molecule has 128 valence electrons. The first-order valence-corrected chi connectivity index (χ1v) is 9.43. The molecule has 0 radical (unpaired) electrons. The smallest absolute Gasteiger partial charge is 0.223 e. The Hall–Kier alpha value is -1.66. The second kappa shape index (κ2) is 7.94. The monoisotopic (exact) mass is 364 g/mol. The summed E-state index contributed by atoms with van der Waals surface area (Å²) >= 11 is 7.08. The summed E-state index contributed by atoms with van der Waals surface area (Å²) in [6.45, 7) is 5.13. The minimum absolute atomic E-state index is 0.141. The zero-order chi connectivity index (χ0) is 16.9. The van der Waals surface area contributed by atoms with E-state index in [1.807, 2.05) is 4.90 Å². The topological polar surface area (TPSA) is 49.3 Å². The molecule has 0 aliphatic carbocycles. The van der Waals surface area contributed by atoms with Crippen LogP contribution < -0.4 is 4.90 Å². The number of hydrogen-bond acceptors (Lipinski definition) is 5. The van der Waals surface area contributed by atoms with Crippen LogP contribution in [0.5, 0.6) is 0 Å². The van der Waals surface area contributed by atoms with Gasteiger partial charge in [0.25, 0.3) is 0 Å². The number of amides is 1. The summed E-state index contributed by atoms with van der Waals surface area (Å²) in [5, 5.41) is 0.946. The third-order valence-corrected chi connectivity index (χ3v) is 5.16. The summed E-state index contributed by atoms with van der Waals surface area (Å²) in [5.41, 5.74) is 2.48. The summed E-state index contributed by atoms with van der Waals surface area (Å²) in [7, 11) is 0. The molecule has 1 aromatic carbocycles. The van der Waals surface area contributed by atoms with E-state index in [0.29, 0.717) is 12.3 Å². The molecule has 1 aliphatic rings. The first-order valence-electron chi connectivity index (χ1n) is 8.12. The number of hydrogen-bond donors (Lipinski definition) is 0. The van der Waals surface area contributed by atoms with E-state index in [2.05, 4.69) is 45.4 Å². The molecule has 24 heavy (non-hydrogen) atoms. The van der Waals surface area contributed by atoms with Gasteiger partial charge in [-0.05, 0) is 12.5 Å². The van der Waals surface area contributed by atoms with Gasteiger partial charge in [0, 0.05) is 56.4 Å². The summed E-state index contributed by atoms with van der Waals surface area (Å²) in [6, 6.07) is 8.47. The van der Waals surface area contributed by atoms with Crippen molar-refractivity contribution in [2.45, 2.75) is 19.8 Å². The van der Waals surface area contributed by atoms with Gasteiger partial charge in [0.1, 0.15) is 5.82 Å². The lowest BCUT2D eigenvalue weighted by Crippen LogP contribution is -2.48. The summed E-state index contributed by atoms with van der Waals surface area (Å²) < 4.78 is 4.48. The average molecular weight is 365 g/mol. The molecule has 0 saturated carbocycles. The number of alkyl halides is 1. The zero-order valence-electron chi connectivity index (χ0n) is 13.7. The predicted octanol–water partition coefficient (Wildman–Crippen LogP) is 2.71. The number of piperazine rings is 1. The van der Waals surface area contributed by atoms with Crippen molar-refractivity contribution in [2.24, 2.45) is 0 Å². The number of nitrogens with zero attached hydrogens (tertiary/aromatic N) is 4. The highest BCUT2D eigenvalue weighted by molar-refractivity contribution is 7.09. The largest absolute Gasteiger partial charge is 0.343 e. The normalized spacial score (nSPS) is 14.9. The van der Waals surface area contributed by atoms with Gasteiger partial charge in [-0.1, -0.05) is 29.8 Å². The number of rotatable bonds is 5. The van der Waals surface area contributed by atoms with Crippen molar-refractivity contribution < 1.29 is 4.79 Å². The van der Waals surface area contributed by atoms with Crippen LogP contribution >= 0.6 is 23.1 Å². The van der Waals surface area contributed by atoms with Gasteiger partial charge in [0.05, 0.1) is 0 Å². The number of carbonyl (C=O) groups is 1. The Bertz CT molecular complexity index is 680. The van der Waals surface area contributed by atoms with Crippen molar-refractivity contribution in [3.05, 3.63) is 41.2 Å². The minimum Gasteiger partial charge on any atom is -0.343 e. The Morgan fingerprint density at radius 2 is 1.92 bits per heavy atom. The Morgan fingerprint density at radius 3 is 2.58 bits per heavy atom. The Balaban J connectivity index is 1.56. The van der Waals surface area contributed by atoms with Crippen molar-refractivity contribution in [1.82, 2.24) is 14.3 Å². The van der Waals surface area contributed by atoms with Gasteiger partial charge in [-0.15, -0.1) is 11.6 Å². The predicted molar refractivity (Wildman–Crippen MR) is 98.0 cm³/mol. The second-order valence-electron chi connectivity index (χ2n) is 5.96. The highest BCUT2D eigenvalue weighted by Gasteiger charge is 2.22. The van der Waals surface area contributed by atoms with Gasteiger partial charge < -0.3 is 9.80 Å².